The third-order valence-electron chi connectivity index (χ3n) is 6.45. The van der Waals surface area contributed by atoms with Gasteiger partial charge in [0.05, 0.1) is 23.4 Å². The molecule has 0 aliphatic heterocycles. The number of benzene rings is 4. The first-order valence-electron chi connectivity index (χ1n) is 12.6. The Bertz CT molecular complexity index is 1810. The first kappa shape index (κ1) is 28.3. The van der Waals surface area contributed by atoms with Gasteiger partial charge in [0, 0.05) is 26.5 Å². The number of halogens is 2. The molecule has 5 aromatic rings. The topological polar surface area (TPSA) is 92.8 Å². The number of hydrogen-bond donors (Lipinski definition) is 2. The summed E-state index contributed by atoms with van der Waals surface area (Å²) in [4.78, 5) is 29.7. The number of carbonyl (C=O) groups is 2. The second kappa shape index (κ2) is 12.1. The molecule has 2 N–H and O–H groups in total. The van der Waals surface area contributed by atoms with Crippen molar-refractivity contribution in [1.29, 1.82) is 0 Å². The predicted molar refractivity (Wildman–Crippen MR) is 168 cm³/mol. The molecular formula is C32H25Br2N3O4. The fraction of sp³-hybridized carbons (Fsp3) is 0.0938. The van der Waals surface area contributed by atoms with Crippen LogP contribution in [-0.4, -0.2) is 30.2 Å². The Morgan fingerprint density at radius 2 is 1.73 bits per heavy atom. The van der Waals surface area contributed by atoms with E-state index in [0.717, 1.165) is 37.6 Å². The van der Waals surface area contributed by atoms with Gasteiger partial charge in [-0.3, -0.25) is 4.79 Å². The lowest BCUT2D eigenvalue weighted by Crippen LogP contribution is -2.19. The van der Waals surface area contributed by atoms with Gasteiger partial charge in [0.15, 0.2) is 5.75 Å². The minimum atomic E-state index is -0.568. The van der Waals surface area contributed by atoms with E-state index in [-0.39, 0.29) is 5.75 Å². The molecule has 0 bridgehead atoms. The number of nitrogens with one attached hydrogen (secondary N) is 2. The van der Waals surface area contributed by atoms with E-state index in [0.29, 0.717) is 27.0 Å². The summed E-state index contributed by atoms with van der Waals surface area (Å²) < 4.78 is 12.2. The summed E-state index contributed by atoms with van der Waals surface area (Å²) >= 11 is 6.93. The average molecular weight is 675 g/mol. The highest BCUT2D eigenvalue weighted by Gasteiger charge is 2.21. The van der Waals surface area contributed by atoms with Crippen LogP contribution in [0.5, 0.6) is 11.5 Å². The Morgan fingerprint density at radius 3 is 2.49 bits per heavy atom. The molecule has 41 heavy (non-hydrogen) atoms. The highest BCUT2D eigenvalue weighted by atomic mass is 79.9. The molecule has 0 saturated carbocycles. The number of aromatic amines is 1. The number of nitrogens with zero attached hydrogens (tertiary/aromatic N) is 1. The number of amides is 1. The number of ether oxygens (including phenoxy) is 2. The van der Waals surface area contributed by atoms with Crippen molar-refractivity contribution in [3.05, 3.63) is 116 Å². The quantitative estimate of drug-likeness (QED) is 0.0793. The molecule has 0 aliphatic carbocycles. The number of aryl methyl sites for hydroxylation is 2. The fourth-order valence-electron chi connectivity index (χ4n) is 4.63. The van der Waals surface area contributed by atoms with Gasteiger partial charge < -0.3 is 14.5 Å². The minimum Gasteiger partial charge on any atom is -0.497 e. The first-order valence-corrected chi connectivity index (χ1v) is 14.2. The van der Waals surface area contributed by atoms with Crippen molar-refractivity contribution >= 4 is 60.9 Å². The van der Waals surface area contributed by atoms with Gasteiger partial charge in [-0.05, 0) is 77.3 Å². The first-order chi connectivity index (χ1) is 19.7. The normalized spacial score (nSPS) is 11.1. The zero-order valence-corrected chi connectivity index (χ0v) is 25.6. The summed E-state index contributed by atoms with van der Waals surface area (Å²) in [6.07, 6.45) is 1.43. The predicted octanol–water partition coefficient (Wildman–Crippen LogP) is 7.97. The summed E-state index contributed by atoms with van der Waals surface area (Å²) in [7, 11) is 1.53. The van der Waals surface area contributed by atoms with Crippen molar-refractivity contribution < 1.29 is 19.1 Å². The molecule has 7 nitrogen and oxygen atoms in total. The second-order valence-electron chi connectivity index (χ2n) is 9.37. The monoisotopic (exact) mass is 673 g/mol. The molecular weight excluding hydrogens is 650 g/mol. The molecule has 1 aromatic heterocycles. The molecule has 206 valence electrons. The van der Waals surface area contributed by atoms with Crippen LogP contribution in [0.15, 0.2) is 92.9 Å². The Kier molecular flexibility index (Phi) is 8.37. The smallest absolute Gasteiger partial charge is 0.343 e. The number of esters is 1. The molecule has 5 rings (SSSR count). The van der Waals surface area contributed by atoms with E-state index < -0.39 is 11.9 Å². The van der Waals surface area contributed by atoms with Crippen molar-refractivity contribution in [1.82, 2.24) is 10.4 Å². The van der Waals surface area contributed by atoms with Crippen LogP contribution in [0.25, 0.3) is 22.0 Å². The number of hydrogen-bond acceptors (Lipinski definition) is 5. The van der Waals surface area contributed by atoms with E-state index in [2.05, 4.69) is 59.5 Å². The van der Waals surface area contributed by atoms with Gasteiger partial charge >= 0.3 is 5.97 Å². The summed E-state index contributed by atoms with van der Waals surface area (Å²) in [6.45, 7) is 4.05. The molecule has 0 atom stereocenters. The highest BCUT2D eigenvalue weighted by Crippen LogP contribution is 2.35. The number of aromatic nitrogens is 1. The molecule has 0 saturated heterocycles. The maximum atomic E-state index is 13.5. The number of hydrazone groups is 1. The van der Waals surface area contributed by atoms with Crippen molar-refractivity contribution in [2.24, 2.45) is 5.10 Å². The van der Waals surface area contributed by atoms with Gasteiger partial charge in [-0.15, -0.1) is 0 Å². The summed E-state index contributed by atoms with van der Waals surface area (Å²) in [5.74, 6) is -0.184. The van der Waals surface area contributed by atoms with Gasteiger partial charge in [0.2, 0.25) is 0 Å². The SMILES string of the molecule is COc1cccc(C(=O)Oc2c(Br)cc(Br)cc2C=NNC(=O)c2[nH]c3c(C)cc(C)cc3c2-c2ccccc2)c1. The van der Waals surface area contributed by atoms with Crippen LogP contribution in [0.3, 0.4) is 0 Å². The van der Waals surface area contributed by atoms with Crippen molar-refractivity contribution in [2.75, 3.05) is 7.11 Å². The third kappa shape index (κ3) is 6.11. The number of carbonyl (C=O) groups excluding carboxylic acids is 2. The van der Waals surface area contributed by atoms with E-state index in [1.165, 1.54) is 13.3 Å². The molecule has 0 fully saturated rings. The lowest BCUT2D eigenvalue weighted by molar-refractivity contribution is 0.0732. The van der Waals surface area contributed by atoms with Crippen LogP contribution in [0.2, 0.25) is 0 Å². The molecule has 4 aromatic carbocycles. The Morgan fingerprint density at radius 1 is 0.951 bits per heavy atom. The molecule has 1 amide bonds. The number of fused-ring (bicyclic) bond motifs is 1. The molecule has 0 aliphatic rings. The number of rotatable bonds is 7. The van der Waals surface area contributed by atoms with Crippen molar-refractivity contribution in [2.45, 2.75) is 13.8 Å². The maximum Gasteiger partial charge on any atom is 0.343 e. The van der Waals surface area contributed by atoms with E-state index in [1.54, 1.807) is 36.4 Å². The van der Waals surface area contributed by atoms with Crippen LogP contribution in [0, 0.1) is 13.8 Å². The lowest BCUT2D eigenvalue weighted by Gasteiger charge is -2.11. The molecule has 0 unspecified atom stereocenters. The molecule has 1 heterocycles. The van der Waals surface area contributed by atoms with Crippen LogP contribution < -0.4 is 14.9 Å². The van der Waals surface area contributed by atoms with E-state index in [9.17, 15) is 9.59 Å². The standard InChI is InChI=1S/C32H25Br2N3O4/c1-18-12-19(2)28-25(13-18)27(20-8-5-4-6-9-20)29(36-28)31(38)37-35-17-22-14-23(33)16-26(34)30(22)41-32(39)21-10-7-11-24(15-21)40-3/h4-17,36H,1-3H3,(H,37,38). The van der Waals surface area contributed by atoms with E-state index in [4.69, 9.17) is 9.47 Å². The summed E-state index contributed by atoms with van der Waals surface area (Å²) in [5.41, 5.74) is 8.59. The van der Waals surface area contributed by atoms with Crippen LogP contribution in [0.4, 0.5) is 0 Å². The Balaban J connectivity index is 1.45. The van der Waals surface area contributed by atoms with Gasteiger partial charge in [-0.2, -0.15) is 5.10 Å². The third-order valence-corrected chi connectivity index (χ3v) is 7.49. The van der Waals surface area contributed by atoms with Gasteiger partial charge in [0.1, 0.15) is 11.4 Å². The average Bonchev–Trinajstić information content (AvgIpc) is 3.35. The maximum absolute atomic E-state index is 13.5. The van der Waals surface area contributed by atoms with Crippen LogP contribution in [0.1, 0.15) is 37.5 Å². The second-order valence-corrected chi connectivity index (χ2v) is 11.1. The Labute approximate surface area is 253 Å². The van der Waals surface area contributed by atoms with Crippen molar-refractivity contribution in [3.8, 4) is 22.6 Å². The number of H-pyrrole nitrogens is 1. The fourth-order valence-corrected chi connectivity index (χ4v) is 5.97. The van der Waals surface area contributed by atoms with Gasteiger partial charge in [-0.1, -0.05) is 64.0 Å². The zero-order chi connectivity index (χ0) is 29.1. The Hall–Kier alpha value is -4.21. The van der Waals surface area contributed by atoms with Gasteiger partial charge in [0.25, 0.3) is 5.91 Å². The number of methoxy groups -OCH3 is 1. The lowest BCUT2D eigenvalue weighted by atomic mass is 9.99. The highest BCUT2D eigenvalue weighted by molar-refractivity contribution is 9.11. The minimum absolute atomic E-state index is 0.251. The van der Waals surface area contributed by atoms with Crippen LogP contribution >= 0.6 is 31.9 Å². The van der Waals surface area contributed by atoms with E-state index >= 15 is 0 Å². The summed E-state index contributed by atoms with van der Waals surface area (Å²) in [5, 5.41) is 5.18. The molecule has 0 radical (unpaired) electrons. The zero-order valence-electron chi connectivity index (χ0n) is 22.4. The summed E-state index contributed by atoms with van der Waals surface area (Å²) in [6, 6.07) is 24.1. The largest absolute Gasteiger partial charge is 0.497 e. The van der Waals surface area contributed by atoms with Crippen LogP contribution in [-0.2, 0) is 0 Å². The van der Waals surface area contributed by atoms with Gasteiger partial charge in [-0.25, -0.2) is 10.2 Å². The molecule has 9 heteroatoms. The molecule has 0 spiro atoms. The van der Waals surface area contributed by atoms with Crippen molar-refractivity contribution in [3.63, 3.8) is 0 Å². The van der Waals surface area contributed by atoms with E-state index in [1.807, 2.05) is 44.2 Å².